The quantitative estimate of drug-likeness (QED) is 0.793. The first-order valence-electron chi connectivity index (χ1n) is 6.60. The molecule has 0 saturated heterocycles. The van der Waals surface area contributed by atoms with Crippen LogP contribution in [0, 0.1) is 0 Å². The summed E-state index contributed by atoms with van der Waals surface area (Å²) in [7, 11) is 1.96. The third-order valence-electron chi connectivity index (χ3n) is 3.37. The van der Waals surface area contributed by atoms with Gasteiger partial charge in [-0.05, 0) is 30.3 Å². The van der Waals surface area contributed by atoms with Crippen LogP contribution < -0.4 is 5.32 Å². The van der Waals surface area contributed by atoms with Gasteiger partial charge in [0, 0.05) is 16.4 Å². The molecule has 0 aliphatic heterocycles. The molecule has 0 atom stereocenters. The van der Waals surface area contributed by atoms with Crippen LogP contribution in [0.3, 0.4) is 0 Å². The number of nitrogens with zero attached hydrogens (tertiary/aromatic N) is 2. The number of fused-ring (bicyclic) bond motifs is 1. The molecule has 0 amide bonds. The molecule has 0 bridgehead atoms. The highest BCUT2D eigenvalue weighted by atomic mass is 79.9. The van der Waals surface area contributed by atoms with Crippen LogP contribution in [0.5, 0.6) is 0 Å². The number of nitrogens with one attached hydrogen (secondary N) is 1. The van der Waals surface area contributed by atoms with Gasteiger partial charge in [0.2, 0.25) is 0 Å². The van der Waals surface area contributed by atoms with Crippen molar-refractivity contribution in [2.45, 2.75) is 13.1 Å². The molecule has 0 aliphatic rings. The molecule has 0 saturated carbocycles. The van der Waals surface area contributed by atoms with E-state index in [9.17, 15) is 0 Å². The highest BCUT2D eigenvalue weighted by Gasteiger charge is 2.06. The number of benzene rings is 2. The van der Waals surface area contributed by atoms with E-state index in [1.807, 2.05) is 30.1 Å². The van der Waals surface area contributed by atoms with E-state index in [1.165, 1.54) is 22.0 Å². The van der Waals surface area contributed by atoms with Gasteiger partial charge in [-0.2, -0.15) is 5.10 Å². The molecule has 0 fully saturated rings. The van der Waals surface area contributed by atoms with Crippen molar-refractivity contribution in [1.82, 2.24) is 15.1 Å². The molecule has 2 aromatic carbocycles. The van der Waals surface area contributed by atoms with Gasteiger partial charge < -0.3 is 5.32 Å². The summed E-state index contributed by atoms with van der Waals surface area (Å²) in [4.78, 5) is 0. The Morgan fingerprint density at radius 3 is 2.85 bits per heavy atom. The van der Waals surface area contributed by atoms with Gasteiger partial charge in [-0.25, -0.2) is 0 Å². The predicted octanol–water partition coefficient (Wildman–Crippen LogP) is 3.57. The maximum absolute atomic E-state index is 4.47. The Bertz CT molecular complexity index is 733. The normalized spacial score (nSPS) is 11.1. The average molecular weight is 330 g/mol. The van der Waals surface area contributed by atoms with Crippen LogP contribution in [0.2, 0.25) is 0 Å². The Hall–Kier alpha value is -1.65. The standard InChI is InChI=1S/C16H16BrN3/c1-18-9-12-6-7-14(15(17)8-12)11-20-16-5-3-2-4-13(16)10-19-20/h2-8,10,18H,9,11H2,1H3. The first-order valence-corrected chi connectivity index (χ1v) is 7.39. The molecule has 3 aromatic rings. The van der Waals surface area contributed by atoms with Gasteiger partial charge in [-0.1, -0.05) is 46.3 Å². The summed E-state index contributed by atoms with van der Waals surface area (Å²) in [6, 6.07) is 14.8. The van der Waals surface area contributed by atoms with Gasteiger partial charge in [-0.3, -0.25) is 4.68 Å². The smallest absolute Gasteiger partial charge is 0.0686 e. The summed E-state index contributed by atoms with van der Waals surface area (Å²) in [5, 5.41) is 8.81. The summed E-state index contributed by atoms with van der Waals surface area (Å²) >= 11 is 3.66. The molecule has 1 N–H and O–H groups in total. The molecule has 102 valence electrons. The van der Waals surface area contributed by atoms with Crippen LogP contribution in [-0.2, 0) is 13.1 Å². The number of rotatable bonds is 4. The predicted molar refractivity (Wildman–Crippen MR) is 85.7 cm³/mol. The van der Waals surface area contributed by atoms with Crippen LogP contribution in [0.25, 0.3) is 10.9 Å². The molecule has 0 spiro atoms. The zero-order valence-electron chi connectivity index (χ0n) is 11.3. The van der Waals surface area contributed by atoms with Gasteiger partial charge >= 0.3 is 0 Å². The molecular weight excluding hydrogens is 314 g/mol. The largest absolute Gasteiger partial charge is 0.316 e. The minimum atomic E-state index is 0.772. The van der Waals surface area contributed by atoms with Gasteiger partial charge in [0.1, 0.15) is 0 Å². The van der Waals surface area contributed by atoms with Crippen molar-refractivity contribution in [3.8, 4) is 0 Å². The maximum atomic E-state index is 4.47. The lowest BCUT2D eigenvalue weighted by Crippen LogP contribution is -2.06. The summed E-state index contributed by atoms with van der Waals surface area (Å²) in [5.74, 6) is 0. The molecule has 1 heterocycles. The fraction of sp³-hybridized carbons (Fsp3) is 0.188. The number of para-hydroxylation sites is 1. The molecule has 0 unspecified atom stereocenters. The summed E-state index contributed by atoms with van der Waals surface area (Å²) in [6.45, 7) is 1.65. The van der Waals surface area contributed by atoms with Gasteiger partial charge in [-0.15, -0.1) is 0 Å². The summed E-state index contributed by atoms with van der Waals surface area (Å²) < 4.78 is 3.16. The first-order chi connectivity index (χ1) is 9.78. The highest BCUT2D eigenvalue weighted by molar-refractivity contribution is 9.10. The topological polar surface area (TPSA) is 29.9 Å². The van der Waals surface area contributed by atoms with Crippen LogP contribution in [0.4, 0.5) is 0 Å². The molecule has 3 nitrogen and oxygen atoms in total. The van der Waals surface area contributed by atoms with E-state index in [1.54, 1.807) is 0 Å². The number of aromatic nitrogens is 2. The summed E-state index contributed by atoms with van der Waals surface area (Å²) in [5.41, 5.74) is 3.67. The van der Waals surface area contributed by atoms with E-state index in [-0.39, 0.29) is 0 Å². The monoisotopic (exact) mass is 329 g/mol. The zero-order valence-corrected chi connectivity index (χ0v) is 12.9. The Balaban J connectivity index is 1.91. The molecule has 0 aliphatic carbocycles. The van der Waals surface area contributed by atoms with Crippen LogP contribution in [0.15, 0.2) is 53.1 Å². The van der Waals surface area contributed by atoms with Crippen LogP contribution in [0.1, 0.15) is 11.1 Å². The van der Waals surface area contributed by atoms with E-state index in [0.29, 0.717) is 0 Å². The summed E-state index contributed by atoms with van der Waals surface area (Å²) in [6.07, 6.45) is 1.92. The third kappa shape index (κ3) is 2.62. The molecule has 3 rings (SSSR count). The van der Waals surface area contributed by atoms with Crippen molar-refractivity contribution in [2.24, 2.45) is 0 Å². The third-order valence-corrected chi connectivity index (χ3v) is 4.11. The van der Waals surface area contributed by atoms with E-state index < -0.39 is 0 Å². The second-order valence-corrected chi connectivity index (χ2v) is 5.67. The van der Waals surface area contributed by atoms with Crippen molar-refractivity contribution in [3.05, 3.63) is 64.3 Å². The Labute approximate surface area is 126 Å². The second kappa shape index (κ2) is 5.77. The Kier molecular flexibility index (Phi) is 3.85. The number of hydrogen-bond donors (Lipinski definition) is 1. The lowest BCUT2D eigenvalue weighted by atomic mass is 10.1. The second-order valence-electron chi connectivity index (χ2n) is 4.82. The minimum absolute atomic E-state index is 0.772. The van der Waals surface area contributed by atoms with Crippen molar-refractivity contribution >= 4 is 26.8 Å². The zero-order chi connectivity index (χ0) is 13.9. The fourth-order valence-corrected chi connectivity index (χ4v) is 2.90. The van der Waals surface area contributed by atoms with Crippen molar-refractivity contribution < 1.29 is 0 Å². The van der Waals surface area contributed by atoms with Crippen LogP contribution in [-0.4, -0.2) is 16.8 Å². The number of halogens is 1. The molecule has 20 heavy (non-hydrogen) atoms. The minimum Gasteiger partial charge on any atom is -0.316 e. The van der Waals surface area contributed by atoms with E-state index in [4.69, 9.17) is 0 Å². The SMILES string of the molecule is CNCc1ccc(Cn2ncc3ccccc32)c(Br)c1. The fourth-order valence-electron chi connectivity index (χ4n) is 2.35. The van der Waals surface area contributed by atoms with Crippen molar-refractivity contribution in [1.29, 1.82) is 0 Å². The maximum Gasteiger partial charge on any atom is 0.0686 e. The first kappa shape index (κ1) is 13.3. The average Bonchev–Trinajstić information content (AvgIpc) is 2.86. The highest BCUT2D eigenvalue weighted by Crippen LogP contribution is 2.21. The number of hydrogen-bond acceptors (Lipinski definition) is 2. The molecular formula is C16H16BrN3. The molecule has 1 aromatic heterocycles. The van der Waals surface area contributed by atoms with E-state index in [0.717, 1.165) is 17.6 Å². The van der Waals surface area contributed by atoms with E-state index in [2.05, 4.69) is 56.7 Å². The van der Waals surface area contributed by atoms with Gasteiger partial charge in [0.05, 0.1) is 18.3 Å². The lowest BCUT2D eigenvalue weighted by molar-refractivity contribution is 0.709. The lowest BCUT2D eigenvalue weighted by Gasteiger charge is -2.08. The molecule has 0 radical (unpaired) electrons. The van der Waals surface area contributed by atoms with Crippen molar-refractivity contribution in [2.75, 3.05) is 7.05 Å². The van der Waals surface area contributed by atoms with Crippen molar-refractivity contribution in [3.63, 3.8) is 0 Å². The Morgan fingerprint density at radius 2 is 2.05 bits per heavy atom. The van der Waals surface area contributed by atoms with Gasteiger partial charge in [0.15, 0.2) is 0 Å². The molecule has 4 heteroatoms. The van der Waals surface area contributed by atoms with E-state index >= 15 is 0 Å². The van der Waals surface area contributed by atoms with Crippen LogP contribution >= 0.6 is 15.9 Å². The van der Waals surface area contributed by atoms with Gasteiger partial charge in [0.25, 0.3) is 0 Å². The Morgan fingerprint density at radius 1 is 1.20 bits per heavy atom.